The van der Waals surface area contributed by atoms with E-state index in [-0.39, 0.29) is 12.0 Å². The molecule has 1 aromatic carbocycles. The van der Waals surface area contributed by atoms with E-state index in [2.05, 4.69) is 10.9 Å². The van der Waals surface area contributed by atoms with Gasteiger partial charge in [0.1, 0.15) is 12.0 Å². The van der Waals surface area contributed by atoms with Crippen molar-refractivity contribution in [3.05, 3.63) is 29.1 Å². The van der Waals surface area contributed by atoms with Gasteiger partial charge in [-0.3, -0.25) is 0 Å². The fourth-order valence-corrected chi connectivity index (χ4v) is 1.30. The van der Waals surface area contributed by atoms with Gasteiger partial charge >= 0.3 is 0 Å². The van der Waals surface area contributed by atoms with Crippen LogP contribution in [0.15, 0.2) is 12.1 Å². The van der Waals surface area contributed by atoms with Crippen molar-refractivity contribution >= 4 is 5.69 Å². The number of hydrazine groups is 1. The van der Waals surface area contributed by atoms with E-state index in [1.165, 1.54) is 6.07 Å². The van der Waals surface area contributed by atoms with Gasteiger partial charge in [0.25, 0.3) is 0 Å². The van der Waals surface area contributed by atoms with E-state index in [0.29, 0.717) is 5.56 Å². The highest BCUT2D eigenvalue weighted by Gasteiger charge is 2.18. The van der Waals surface area contributed by atoms with Crippen LogP contribution in [0.1, 0.15) is 17.3 Å². The molecule has 4 heteroatoms. The largest absolute Gasteiger partial charge is 0.319 e. The minimum Gasteiger partial charge on any atom is -0.319 e. The number of hydrogen-bond donors (Lipinski definition) is 3. The number of benzene rings is 1. The lowest BCUT2D eigenvalue weighted by Crippen LogP contribution is -2.25. The Morgan fingerprint density at radius 1 is 1.50 bits per heavy atom. The molecule has 0 fully saturated rings. The summed E-state index contributed by atoms with van der Waals surface area (Å²) in [5, 5.41) is 0. The first-order chi connectivity index (χ1) is 5.68. The van der Waals surface area contributed by atoms with Crippen LogP contribution in [0.3, 0.4) is 0 Å². The first kappa shape index (κ1) is 7.52. The number of nitrogens with one attached hydrogen (secondary N) is 2. The molecule has 0 aromatic heterocycles. The second-order valence-corrected chi connectivity index (χ2v) is 2.94. The van der Waals surface area contributed by atoms with Crippen LogP contribution in [-0.2, 0) is 0 Å². The van der Waals surface area contributed by atoms with Crippen LogP contribution < -0.4 is 16.6 Å². The van der Waals surface area contributed by atoms with Crippen LogP contribution in [0.25, 0.3) is 0 Å². The molecule has 2 rings (SSSR count). The van der Waals surface area contributed by atoms with Crippen LogP contribution in [0, 0.1) is 12.7 Å². The highest BCUT2D eigenvalue weighted by Crippen LogP contribution is 2.27. The minimum absolute atomic E-state index is 0.211. The topological polar surface area (TPSA) is 50.1 Å². The Balaban J connectivity index is 2.56. The zero-order chi connectivity index (χ0) is 8.72. The molecule has 0 saturated carbocycles. The normalized spacial score (nSPS) is 20.4. The molecule has 0 radical (unpaired) electrons. The van der Waals surface area contributed by atoms with Crippen molar-refractivity contribution in [2.24, 2.45) is 5.73 Å². The Kier molecular flexibility index (Phi) is 1.52. The van der Waals surface area contributed by atoms with Gasteiger partial charge in [0, 0.05) is 5.56 Å². The lowest BCUT2D eigenvalue weighted by Gasteiger charge is -2.03. The molecular formula is C8H10FN3. The third-order valence-corrected chi connectivity index (χ3v) is 2.03. The van der Waals surface area contributed by atoms with Crippen molar-refractivity contribution in [3.8, 4) is 0 Å². The molecule has 1 aliphatic rings. The zero-order valence-corrected chi connectivity index (χ0v) is 6.69. The van der Waals surface area contributed by atoms with E-state index in [1.807, 2.05) is 0 Å². The summed E-state index contributed by atoms with van der Waals surface area (Å²) in [4.78, 5) is 0. The van der Waals surface area contributed by atoms with Crippen molar-refractivity contribution in [3.63, 3.8) is 0 Å². The maximum absolute atomic E-state index is 13.0. The van der Waals surface area contributed by atoms with Gasteiger partial charge in [-0.1, -0.05) is 0 Å². The van der Waals surface area contributed by atoms with Gasteiger partial charge in [0.05, 0.1) is 5.69 Å². The molecule has 1 aromatic rings. The molecule has 0 amide bonds. The molecular weight excluding hydrogens is 157 g/mol. The number of rotatable bonds is 0. The molecule has 1 aliphatic heterocycles. The SMILES string of the molecule is Cc1cc2c(cc1F)NNC2N. The van der Waals surface area contributed by atoms with E-state index in [0.717, 1.165) is 11.3 Å². The highest BCUT2D eigenvalue weighted by molar-refractivity contribution is 5.57. The van der Waals surface area contributed by atoms with Crippen LogP contribution in [-0.4, -0.2) is 0 Å². The standard InChI is InChI=1S/C8H10FN3/c1-4-2-5-7(3-6(4)9)11-12-8(5)10/h2-3,8,11-12H,10H2,1H3. The molecule has 64 valence electrons. The predicted molar refractivity (Wildman–Crippen MR) is 44.8 cm³/mol. The molecule has 1 atom stereocenters. The van der Waals surface area contributed by atoms with Gasteiger partial charge < -0.3 is 11.2 Å². The minimum atomic E-state index is -0.237. The fourth-order valence-electron chi connectivity index (χ4n) is 1.30. The number of hydrogen-bond acceptors (Lipinski definition) is 3. The zero-order valence-electron chi connectivity index (χ0n) is 6.69. The number of aryl methyl sites for hydroxylation is 1. The van der Waals surface area contributed by atoms with E-state index in [9.17, 15) is 4.39 Å². The van der Waals surface area contributed by atoms with Gasteiger partial charge in [0.15, 0.2) is 0 Å². The number of fused-ring (bicyclic) bond motifs is 1. The first-order valence-corrected chi connectivity index (χ1v) is 3.75. The highest BCUT2D eigenvalue weighted by atomic mass is 19.1. The van der Waals surface area contributed by atoms with Crippen LogP contribution in [0.4, 0.5) is 10.1 Å². The summed E-state index contributed by atoms with van der Waals surface area (Å²) in [5.41, 5.74) is 13.5. The molecule has 0 bridgehead atoms. The molecule has 12 heavy (non-hydrogen) atoms. The lowest BCUT2D eigenvalue weighted by molar-refractivity contribution is 0.617. The van der Waals surface area contributed by atoms with Crippen molar-refractivity contribution < 1.29 is 4.39 Å². The van der Waals surface area contributed by atoms with Crippen LogP contribution in [0.2, 0.25) is 0 Å². The van der Waals surface area contributed by atoms with Gasteiger partial charge in [-0.15, -0.1) is 0 Å². The number of halogens is 1. The van der Waals surface area contributed by atoms with Crippen molar-refractivity contribution in [2.45, 2.75) is 13.1 Å². The second kappa shape index (κ2) is 2.43. The van der Waals surface area contributed by atoms with E-state index < -0.39 is 0 Å². The summed E-state index contributed by atoms with van der Waals surface area (Å²) in [6, 6.07) is 3.20. The van der Waals surface area contributed by atoms with Gasteiger partial charge in [-0.2, -0.15) is 0 Å². The molecule has 1 unspecified atom stereocenters. The van der Waals surface area contributed by atoms with Crippen molar-refractivity contribution in [1.29, 1.82) is 0 Å². The molecule has 4 N–H and O–H groups in total. The molecule has 0 aliphatic carbocycles. The van der Waals surface area contributed by atoms with E-state index in [4.69, 9.17) is 5.73 Å². The van der Waals surface area contributed by atoms with Crippen molar-refractivity contribution in [2.75, 3.05) is 5.43 Å². The summed E-state index contributed by atoms with van der Waals surface area (Å²) < 4.78 is 13.0. The molecule has 0 saturated heterocycles. The average Bonchev–Trinajstić information content (AvgIpc) is 2.35. The van der Waals surface area contributed by atoms with Crippen molar-refractivity contribution in [1.82, 2.24) is 5.43 Å². The lowest BCUT2D eigenvalue weighted by atomic mass is 10.1. The summed E-state index contributed by atoms with van der Waals surface area (Å²) in [7, 11) is 0. The molecule has 1 heterocycles. The third kappa shape index (κ3) is 0.964. The number of anilines is 1. The first-order valence-electron chi connectivity index (χ1n) is 3.75. The summed E-state index contributed by atoms with van der Waals surface area (Å²) in [6.07, 6.45) is -0.237. The predicted octanol–water partition coefficient (Wildman–Crippen LogP) is 1.02. The maximum atomic E-state index is 13.0. The van der Waals surface area contributed by atoms with Gasteiger partial charge in [0.2, 0.25) is 0 Å². The van der Waals surface area contributed by atoms with E-state index in [1.54, 1.807) is 13.0 Å². The monoisotopic (exact) mass is 167 g/mol. The smallest absolute Gasteiger partial charge is 0.128 e. The Morgan fingerprint density at radius 2 is 2.25 bits per heavy atom. The van der Waals surface area contributed by atoms with Crippen LogP contribution in [0.5, 0.6) is 0 Å². The summed E-state index contributed by atoms with van der Waals surface area (Å²) >= 11 is 0. The van der Waals surface area contributed by atoms with Gasteiger partial charge in [-0.25, -0.2) is 9.82 Å². The van der Waals surface area contributed by atoms with E-state index >= 15 is 0 Å². The maximum Gasteiger partial charge on any atom is 0.128 e. The molecule has 0 spiro atoms. The fraction of sp³-hybridized carbons (Fsp3) is 0.250. The Bertz CT molecular complexity index is 324. The second-order valence-electron chi connectivity index (χ2n) is 2.94. The number of nitrogens with two attached hydrogens (primary N) is 1. The van der Waals surface area contributed by atoms with Gasteiger partial charge in [-0.05, 0) is 24.6 Å². The summed E-state index contributed by atoms with van der Waals surface area (Å²) in [5.74, 6) is -0.211. The molecule has 3 nitrogen and oxygen atoms in total. The Morgan fingerprint density at radius 3 is 3.00 bits per heavy atom. The Labute approximate surface area is 69.7 Å². The summed E-state index contributed by atoms with van der Waals surface area (Å²) in [6.45, 7) is 1.72. The third-order valence-electron chi connectivity index (χ3n) is 2.03. The quantitative estimate of drug-likeness (QED) is 0.540. The van der Waals surface area contributed by atoms with Crippen LogP contribution >= 0.6 is 0 Å². The average molecular weight is 167 g/mol. The Hall–Kier alpha value is -1.13.